The molecule has 0 aliphatic rings. The van der Waals surface area contributed by atoms with Crippen LogP contribution in [0.3, 0.4) is 0 Å². The summed E-state index contributed by atoms with van der Waals surface area (Å²) in [4.78, 5) is 3.84. The van der Waals surface area contributed by atoms with Gasteiger partial charge in [-0.1, -0.05) is 6.07 Å². The number of aliphatic hydroxyl groups is 1. The molecular formula is C13H11F2NO. The molecule has 17 heavy (non-hydrogen) atoms. The van der Waals surface area contributed by atoms with Crippen molar-refractivity contribution in [2.24, 2.45) is 0 Å². The third kappa shape index (κ3) is 2.85. The van der Waals surface area contributed by atoms with Gasteiger partial charge in [-0.15, -0.1) is 0 Å². The molecule has 0 amide bonds. The van der Waals surface area contributed by atoms with E-state index in [2.05, 4.69) is 4.98 Å². The van der Waals surface area contributed by atoms with Gasteiger partial charge in [0.2, 0.25) is 0 Å². The first kappa shape index (κ1) is 11.7. The van der Waals surface area contributed by atoms with Gasteiger partial charge in [-0.3, -0.25) is 4.98 Å². The molecule has 1 heterocycles. The molecule has 2 aromatic rings. The summed E-state index contributed by atoms with van der Waals surface area (Å²) in [7, 11) is 0. The molecule has 0 aliphatic carbocycles. The molecular weight excluding hydrogens is 224 g/mol. The summed E-state index contributed by atoms with van der Waals surface area (Å²) in [6, 6.07) is 6.99. The molecule has 88 valence electrons. The summed E-state index contributed by atoms with van der Waals surface area (Å²) in [5, 5.41) is 9.89. The molecule has 0 fully saturated rings. The number of hydrogen-bond donors (Lipinski definition) is 1. The fraction of sp³-hybridized carbons (Fsp3) is 0.154. The molecule has 1 N–H and O–H groups in total. The minimum atomic E-state index is -0.899. The Balaban J connectivity index is 2.13. The number of aromatic nitrogens is 1. The molecule has 0 aliphatic heterocycles. The monoisotopic (exact) mass is 235 g/mol. The van der Waals surface area contributed by atoms with Crippen LogP contribution in [0.4, 0.5) is 8.78 Å². The first-order valence-electron chi connectivity index (χ1n) is 5.19. The second-order valence-electron chi connectivity index (χ2n) is 3.75. The van der Waals surface area contributed by atoms with E-state index >= 15 is 0 Å². The fourth-order valence-corrected chi connectivity index (χ4v) is 1.59. The Morgan fingerprint density at radius 1 is 1.06 bits per heavy atom. The highest BCUT2D eigenvalue weighted by Crippen LogP contribution is 2.18. The number of benzene rings is 1. The molecule has 2 rings (SSSR count). The average Bonchev–Trinajstić information content (AvgIpc) is 2.35. The third-order valence-corrected chi connectivity index (χ3v) is 2.50. The Labute approximate surface area is 97.6 Å². The number of nitrogens with zero attached hydrogens (tertiary/aromatic N) is 1. The van der Waals surface area contributed by atoms with Crippen molar-refractivity contribution >= 4 is 0 Å². The maximum absolute atomic E-state index is 13.0. The van der Waals surface area contributed by atoms with Crippen molar-refractivity contribution in [1.29, 1.82) is 0 Å². The topological polar surface area (TPSA) is 33.1 Å². The van der Waals surface area contributed by atoms with Gasteiger partial charge in [-0.05, 0) is 35.4 Å². The Morgan fingerprint density at radius 2 is 1.76 bits per heavy atom. The second-order valence-corrected chi connectivity index (χ2v) is 3.75. The zero-order chi connectivity index (χ0) is 12.3. The van der Waals surface area contributed by atoms with Crippen LogP contribution >= 0.6 is 0 Å². The van der Waals surface area contributed by atoms with Gasteiger partial charge in [-0.2, -0.15) is 0 Å². The van der Waals surface area contributed by atoms with Gasteiger partial charge >= 0.3 is 0 Å². The molecule has 1 aromatic heterocycles. The van der Waals surface area contributed by atoms with E-state index < -0.39 is 17.7 Å². The van der Waals surface area contributed by atoms with Crippen LogP contribution in [0, 0.1) is 11.6 Å². The molecule has 1 unspecified atom stereocenters. The summed E-state index contributed by atoms with van der Waals surface area (Å²) in [5.74, 6) is -1.78. The summed E-state index contributed by atoms with van der Waals surface area (Å²) < 4.78 is 25.7. The van der Waals surface area contributed by atoms with Gasteiger partial charge in [0.15, 0.2) is 11.6 Å². The van der Waals surface area contributed by atoms with E-state index in [4.69, 9.17) is 0 Å². The van der Waals surface area contributed by atoms with E-state index in [1.54, 1.807) is 24.5 Å². The molecule has 1 atom stereocenters. The molecule has 2 nitrogen and oxygen atoms in total. The van der Waals surface area contributed by atoms with Gasteiger partial charge in [-0.25, -0.2) is 8.78 Å². The Morgan fingerprint density at radius 3 is 2.41 bits per heavy atom. The van der Waals surface area contributed by atoms with E-state index in [1.165, 1.54) is 6.07 Å². The highest BCUT2D eigenvalue weighted by atomic mass is 19.2. The van der Waals surface area contributed by atoms with Crippen molar-refractivity contribution in [3.8, 4) is 0 Å². The van der Waals surface area contributed by atoms with Crippen LogP contribution in [0.5, 0.6) is 0 Å². The molecule has 0 radical (unpaired) electrons. The Bertz CT molecular complexity index is 502. The van der Waals surface area contributed by atoms with Gasteiger partial charge < -0.3 is 5.11 Å². The lowest BCUT2D eigenvalue weighted by Gasteiger charge is -2.10. The molecule has 4 heteroatoms. The molecule has 1 aromatic carbocycles. The first-order chi connectivity index (χ1) is 8.16. The number of rotatable bonds is 3. The van der Waals surface area contributed by atoms with Crippen molar-refractivity contribution in [2.45, 2.75) is 12.5 Å². The fourth-order valence-electron chi connectivity index (χ4n) is 1.59. The Kier molecular flexibility index (Phi) is 3.44. The van der Waals surface area contributed by atoms with Gasteiger partial charge in [0.1, 0.15) is 0 Å². The van der Waals surface area contributed by atoms with E-state index in [-0.39, 0.29) is 6.42 Å². The van der Waals surface area contributed by atoms with Crippen LogP contribution in [0.1, 0.15) is 17.2 Å². The lowest BCUT2D eigenvalue weighted by molar-refractivity contribution is 0.178. The molecule has 0 saturated carbocycles. The van der Waals surface area contributed by atoms with Crippen molar-refractivity contribution in [3.05, 3.63) is 65.5 Å². The second kappa shape index (κ2) is 5.01. The minimum Gasteiger partial charge on any atom is -0.388 e. The molecule has 0 spiro atoms. The highest BCUT2D eigenvalue weighted by molar-refractivity contribution is 5.22. The number of halogens is 2. The lowest BCUT2D eigenvalue weighted by atomic mass is 10.0. The van der Waals surface area contributed by atoms with Gasteiger partial charge in [0, 0.05) is 18.8 Å². The van der Waals surface area contributed by atoms with Crippen LogP contribution in [-0.2, 0) is 6.42 Å². The van der Waals surface area contributed by atoms with E-state index in [9.17, 15) is 13.9 Å². The predicted octanol–water partition coefficient (Wildman–Crippen LogP) is 2.64. The minimum absolute atomic E-state index is 0.237. The van der Waals surface area contributed by atoms with Gasteiger partial charge in [0.05, 0.1) is 6.10 Å². The van der Waals surface area contributed by atoms with E-state index in [0.29, 0.717) is 11.1 Å². The van der Waals surface area contributed by atoms with Crippen molar-refractivity contribution in [1.82, 2.24) is 4.98 Å². The Hall–Kier alpha value is -1.81. The maximum Gasteiger partial charge on any atom is 0.159 e. The van der Waals surface area contributed by atoms with Crippen molar-refractivity contribution in [3.63, 3.8) is 0 Å². The molecule has 0 bridgehead atoms. The highest BCUT2D eigenvalue weighted by Gasteiger charge is 2.10. The molecule has 0 saturated heterocycles. The number of aliphatic hydroxyl groups excluding tert-OH is 1. The van der Waals surface area contributed by atoms with Gasteiger partial charge in [0.25, 0.3) is 0 Å². The summed E-state index contributed by atoms with van der Waals surface area (Å²) in [6.07, 6.45) is 2.64. The average molecular weight is 235 g/mol. The smallest absolute Gasteiger partial charge is 0.159 e. The van der Waals surface area contributed by atoms with Crippen molar-refractivity contribution in [2.75, 3.05) is 0 Å². The summed E-state index contributed by atoms with van der Waals surface area (Å²) in [5.41, 5.74) is 1.25. The van der Waals surface area contributed by atoms with Crippen LogP contribution in [0.15, 0.2) is 42.7 Å². The number of pyridine rings is 1. The lowest BCUT2D eigenvalue weighted by Crippen LogP contribution is -2.02. The first-order valence-corrected chi connectivity index (χ1v) is 5.19. The normalized spacial score (nSPS) is 12.4. The predicted molar refractivity (Wildman–Crippen MR) is 59.3 cm³/mol. The largest absolute Gasteiger partial charge is 0.388 e. The maximum atomic E-state index is 13.0. The summed E-state index contributed by atoms with van der Waals surface area (Å²) in [6.45, 7) is 0. The van der Waals surface area contributed by atoms with Crippen LogP contribution in [0.25, 0.3) is 0 Å². The third-order valence-electron chi connectivity index (χ3n) is 2.50. The number of hydrogen-bond acceptors (Lipinski definition) is 2. The standard InChI is InChI=1S/C13H11F2NO/c14-11-2-1-9(7-12(11)15)8-13(17)10-3-5-16-6-4-10/h1-7,13,17H,8H2. The van der Waals surface area contributed by atoms with E-state index in [1.807, 2.05) is 0 Å². The van der Waals surface area contributed by atoms with Crippen LogP contribution < -0.4 is 0 Å². The SMILES string of the molecule is OC(Cc1ccc(F)c(F)c1)c1ccncc1. The summed E-state index contributed by atoms with van der Waals surface area (Å²) >= 11 is 0. The zero-order valence-electron chi connectivity index (χ0n) is 8.98. The van der Waals surface area contributed by atoms with Crippen LogP contribution in [0.2, 0.25) is 0 Å². The van der Waals surface area contributed by atoms with Crippen molar-refractivity contribution < 1.29 is 13.9 Å². The zero-order valence-corrected chi connectivity index (χ0v) is 8.98. The van der Waals surface area contributed by atoms with Crippen LogP contribution in [-0.4, -0.2) is 10.1 Å². The quantitative estimate of drug-likeness (QED) is 0.887. The van der Waals surface area contributed by atoms with E-state index in [0.717, 1.165) is 12.1 Å².